The number of aldehydes is 1. The average molecular weight is 196 g/mol. The lowest BCUT2D eigenvalue weighted by Gasteiger charge is -2.07. The zero-order valence-corrected chi connectivity index (χ0v) is 7.59. The SMILES string of the molecule is O=CC1(Cc2cc(F)ccc2F)CC1. The standard InChI is InChI=1S/C11H10F2O/c12-9-1-2-10(13)8(5-9)6-11(7-14)3-4-11/h1-2,5,7H,3-4,6H2. The lowest BCUT2D eigenvalue weighted by atomic mass is 9.98. The molecule has 0 saturated heterocycles. The van der Waals surface area contributed by atoms with E-state index in [1.54, 1.807) is 0 Å². The zero-order chi connectivity index (χ0) is 10.2. The second kappa shape index (κ2) is 3.15. The van der Waals surface area contributed by atoms with Gasteiger partial charge in [-0.3, -0.25) is 0 Å². The van der Waals surface area contributed by atoms with Crippen LogP contribution in [0.5, 0.6) is 0 Å². The van der Waals surface area contributed by atoms with E-state index in [-0.39, 0.29) is 0 Å². The molecule has 1 saturated carbocycles. The molecule has 1 aromatic rings. The van der Waals surface area contributed by atoms with Gasteiger partial charge in [-0.05, 0) is 43.0 Å². The van der Waals surface area contributed by atoms with Gasteiger partial charge < -0.3 is 4.79 Å². The van der Waals surface area contributed by atoms with Crippen LogP contribution in [0.4, 0.5) is 8.78 Å². The molecule has 14 heavy (non-hydrogen) atoms. The van der Waals surface area contributed by atoms with Crippen LogP contribution in [0.1, 0.15) is 18.4 Å². The normalized spacial score (nSPS) is 17.9. The molecule has 0 aromatic heterocycles. The highest BCUT2D eigenvalue weighted by Crippen LogP contribution is 2.46. The molecular weight excluding hydrogens is 186 g/mol. The second-order valence-electron chi connectivity index (χ2n) is 3.89. The van der Waals surface area contributed by atoms with Crippen LogP contribution in [-0.4, -0.2) is 6.29 Å². The Bertz CT molecular complexity index is 370. The molecule has 1 aromatic carbocycles. The Morgan fingerprint density at radius 3 is 2.64 bits per heavy atom. The van der Waals surface area contributed by atoms with Crippen molar-refractivity contribution in [3.05, 3.63) is 35.4 Å². The molecule has 1 aliphatic carbocycles. The van der Waals surface area contributed by atoms with Crippen molar-refractivity contribution in [1.29, 1.82) is 0 Å². The van der Waals surface area contributed by atoms with E-state index in [9.17, 15) is 13.6 Å². The first-order valence-corrected chi connectivity index (χ1v) is 4.55. The highest BCUT2D eigenvalue weighted by atomic mass is 19.1. The lowest BCUT2D eigenvalue weighted by molar-refractivity contribution is -0.112. The molecule has 2 rings (SSSR count). The third kappa shape index (κ3) is 1.67. The Balaban J connectivity index is 2.24. The number of carbonyl (C=O) groups is 1. The maximum atomic E-state index is 13.2. The third-order valence-electron chi connectivity index (χ3n) is 2.69. The Morgan fingerprint density at radius 2 is 2.07 bits per heavy atom. The quantitative estimate of drug-likeness (QED) is 0.679. The fourth-order valence-corrected chi connectivity index (χ4v) is 1.55. The van der Waals surface area contributed by atoms with Gasteiger partial charge in [0.15, 0.2) is 0 Å². The molecule has 1 nitrogen and oxygen atoms in total. The summed E-state index contributed by atoms with van der Waals surface area (Å²) in [7, 11) is 0. The van der Waals surface area contributed by atoms with Crippen LogP contribution in [0.15, 0.2) is 18.2 Å². The lowest BCUT2D eigenvalue weighted by Crippen LogP contribution is -2.08. The van der Waals surface area contributed by atoms with E-state index in [4.69, 9.17) is 0 Å². The summed E-state index contributed by atoms with van der Waals surface area (Å²) in [5, 5.41) is 0. The molecule has 0 radical (unpaired) electrons. The molecule has 0 amide bonds. The summed E-state index contributed by atoms with van der Waals surface area (Å²) in [4.78, 5) is 10.7. The van der Waals surface area contributed by atoms with E-state index >= 15 is 0 Å². The van der Waals surface area contributed by atoms with Crippen LogP contribution in [0.3, 0.4) is 0 Å². The van der Waals surface area contributed by atoms with Crippen LogP contribution in [-0.2, 0) is 11.2 Å². The summed E-state index contributed by atoms with van der Waals surface area (Å²) in [5.41, 5.74) is -0.108. The first-order valence-electron chi connectivity index (χ1n) is 4.55. The second-order valence-corrected chi connectivity index (χ2v) is 3.89. The molecule has 0 N–H and O–H groups in total. The number of carbonyl (C=O) groups excluding carboxylic acids is 1. The van der Waals surface area contributed by atoms with Crippen molar-refractivity contribution in [3.8, 4) is 0 Å². The van der Waals surface area contributed by atoms with E-state index in [1.807, 2.05) is 0 Å². The topological polar surface area (TPSA) is 17.1 Å². The molecule has 0 heterocycles. The van der Waals surface area contributed by atoms with Crippen molar-refractivity contribution in [3.63, 3.8) is 0 Å². The summed E-state index contributed by atoms with van der Waals surface area (Å²) in [6.45, 7) is 0. The molecule has 1 aliphatic rings. The fraction of sp³-hybridized carbons (Fsp3) is 0.364. The highest BCUT2D eigenvalue weighted by Gasteiger charge is 2.42. The maximum absolute atomic E-state index is 13.2. The summed E-state index contributed by atoms with van der Waals surface area (Å²) in [6.07, 6.45) is 2.75. The van der Waals surface area contributed by atoms with Gasteiger partial charge in [0.1, 0.15) is 17.9 Å². The van der Waals surface area contributed by atoms with Crippen molar-refractivity contribution in [2.24, 2.45) is 5.41 Å². The van der Waals surface area contributed by atoms with Gasteiger partial charge in [-0.2, -0.15) is 0 Å². The number of halogens is 2. The Hall–Kier alpha value is -1.25. The van der Waals surface area contributed by atoms with Gasteiger partial charge in [-0.1, -0.05) is 0 Å². The minimum absolute atomic E-state index is 0.301. The third-order valence-corrected chi connectivity index (χ3v) is 2.69. The minimum Gasteiger partial charge on any atom is -0.303 e. The molecule has 0 atom stereocenters. The van der Waals surface area contributed by atoms with Gasteiger partial charge in [0.2, 0.25) is 0 Å². The van der Waals surface area contributed by atoms with Gasteiger partial charge in [0.05, 0.1) is 0 Å². The summed E-state index contributed by atoms with van der Waals surface area (Å²) in [6, 6.07) is 3.35. The van der Waals surface area contributed by atoms with Crippen molar-refractivity contribution >= 4 is 6.29 Å². The van der Waals surface area contributed by atoms with Gasteiger partial charge in [-0.15, -0.1) is 0 Å². The van der Waals surface area contributed by atoms with Gasteiger partial charge >= 0.3 is 0 Å². The van der Waals surface area contributed by atoms with Crippen LogP contribution in [0.2, 0.25) is 0 Å². The number of hydrogen-bond donors (Lipinski definition) is 0. The summed E-state index contributed by atoms with van der Waals surface area (Å²) < 4.78 is 26.0. The van der Waals surface area contributed by atoms with Crippen LogP contribution in [0.25, 0.3) is 0 Å². The van der Waals surface area contributed by atoms with E-state index in [1.165, 1.54) is 6.07 Å². The van der Waals surface area contributed by atoms with Crippen LogP contribution < -0.4 is 0 Å². The smallest absolute Gasteiger partial charge is 0.126 e. The average Bonchev–Trinajstić information content (AvgIpc) is 2.92. The van der Waals surface area contributed by atoms with E-state index in [0.717, 1.165) is 31.3 Å². The van der Waals surface area contributed by atoms with Crippen molar-refractivity contribution in [1.82, 2.24) is 0 Å². The number of benzene rings is 1. The van der Waals surface area contributed by atoms with Gasteiger partial charge in [0.25, 0.3) is 0 Å². The molecule has 3 heteroatoms. The Labute approximate surface area is 80.7 Å². The summed E-state index contributed by atoms with van der Waals surface area (Å²) >= 11 is 0. The molecule has 0 unspecified atom stereocenters. The first-order chi connectivity index (χ1) is 6.65. The molecule has 1 fully saturated rings. The van der Waals surface area contributed by atoms with Crippen LogP contribution in [0, 0.1) is 17.0 Å². The zero-order valence-electron chi connectivity index (χ0n) is 7.59. The van der Waals surface area contributed by atoms with E-state index in [0.29, 0.717) is 12.0 Å². The Morgan fingerprint density at radius 1 is 1.36 bits per heavy atom. The molecule has 0 spiro atoms. The fourth-order valence-electron chi connectivity index (χ4n) is 1.55. The van der Waals surface area contributed by atoms with E-state index < -0.39 is 17.0 Å². The number of hydrogen-bond acceptors (Lipinski definition) is 1. The predicted octanol–water partition coefficient (Wildman–Crippen LogP) is 2.49. The minimum atomic E-state index is -0.455. The maximum Gasteiger partial charge on any atom is 0.126 e. The van der Waals surface area contributed by atoms with Crippen molar-refractivity contribution in [2.45, 2.75) is 19.3 Å². The number of rotatable bonds is 3. The van der Waals surface area contributed by atoms with Gasteiger partial charge in [-0.25, -0.2) is 8.78 Å². The van der Waals surface area contributed by atoms with Crippen molar-refractivity contribution in [2.75, 3.05) is 0 Å². The molecule has 0 aliphatic heterocycles. The largest absolute Gasteiger partial charge is 0.303 e. The van der Waals surface area contributed by atoms with Crippen molar-refractivity contribution < 1.29 is 13.6 Å². The first kappa shape index (κ1) is 9.31. The van der Waals surface area contributed by atoms with E-state index in [2.05, 4.69) is 0 Å². The monoisotopic (exact) mass is 196 g/mol. The Kier molecular flexibility index (Phi) is 2.10. The summed E-state index contributed by atoms with van der Waals surface area (Å²) in [5.74, 6) is -0.886. The predicted molar refractivity (Wildman–Crippen MR) is 47.8 cm³/mol. The molecule has 0 bridgehead atoms. The molecule has 74 valence electrons. The van der Waals surface area contributed by atoms with Gasteiger partial charge in [0, 0.05) is 5.41 Å². The van der Waals surface area contributed by atoms with Crippen LogP contribution >= 0.6 is 0 Å². The molecular formula is C11H10F2O. The highest BCUT2D eigenvalue weighted by molar-refractivity contribution is 5.64.